The van der Waals surface area contributed by atoms with E-state index in [2.05, 4.69) is 10.6 Å². The fourth-order valence-electron chi connectivity index (χ4n) is 3.44. The molecule has 0 saturated heterocycles. The third-order valence-electron chi connectivity index (χ3n) is 4.76. The molecule has 2 atom stereocenters. The van der Waals surface area contributed by atoms with Crippen LogP contribution in [0.2, 0.25) is 0 Å². The van der Waals surface area contributed by atoms with Gasteiger partial charge in [-0.05, 0) is 30.4 Å². The molecule has 1 aliphatic carbocycles. The zero-order valence-corrected chi connectivity index (χ0v) is 14.8. The number of nitrogens with one attached hydrogen (secondary N) is 2. The van der Waals surface area contributed by atoms with Crippen molar-refractivity contribution in [1.82, 2.24) is 10.6 Å². The molecule has 0 bridgehead atoms. The van der Waals surface area contributed by atoms with Crippen LogP contribution in [0.3, 0.4) is 0 Å². The third-order valence-corrected chi connectivity index (χ3v) is 4.76. The van der Waals surface area contributed by atoms with Crippen molar-refractivity contribution in [1.29, 1.82) is 0 Å². The first kappa shape index (κ1) is 19.9. The second kappa shape index (κ2) is 9.31. The van der Waals surface area contributed by atoms with Crippen LogP contribution in [0, 0.1) is 11.7 Å². The summed E-state index contributed by atoms with van der Waals surface area (Å²) in [5, 5.41) is 14.6. The highest BCUT2D eigenvalue weighted by Crippen LogP contribution is 2.26. The number of hydrogen-bond donors (Lipinski definition) is 3. The Kier molecular flexibility index (Phi) is 7.12. The van der Waals surface area contributed by atoms with Crippen LogP contribution in [-0.2, 0) is 20.8 Å². The van der Waals surface area contributed by atoms with Gasteiger partial charge in [-0.15, -0.1) is 0 Å². The van der Waals surface area contributed by atoms with E-state index in [0.717, 1.165) is 32.1 Å². The van der Waals surface area contributed by atoms with E-state index in [9.17, 15) is 23.9 Å². The van der Waals surface area contributed by atoms with Crippen LogP contribution >= 0.6 is 0 Å². The molecular weight excluding hydrogens is 339 g/mol. The highest BCUT2D eigenvalue weighted by molar-refractivity contribution is 5.90. The summed E-state index contributed by atoms with van der Waals surface area (Å²) >= 11 is 0. The Morgan fingerprint density at radius 1 is 1.15 bits per heavy atom. The minimum Gasteiger partial charge on any atom is -0.480 e. The molecule has 7 heteroatoms. The zero-order valence-electron chi connectivity index (χ0n) is 14.8. The van der Waals surface area contributed by atoms with Gasteiger partial charge in [0.2, 0.25) is 11.8 Å². The standard InChI is InChI=1S/C19H25FN2O4/c1-12(23)21-16(11-14-9-5-6-10-15(14)20)18(24)22-17(19(25)26)13-7-3-2-4-8-13/h5-6,9-10,13,16-17H,2-4,7-8,11H2,1H3,(H,21,23)(H,22,24)(H,25,26)/t16-,17-/m1/s1. The lowest BCUT2D eigenvalue weighted by Gasteiger charge is -2.29. The largest absolute Gasteiger partial charge is 0.480 e. The van der Waals surface area contributed by atoms with Crippen LogP contribution in [-0.4, -0.2) is 35.0 Å². The average Bonchev–Trinajstić information content (AvgIpc) is 2.60. The van der Waals surface area contributed by atoms with Gasteiger partial charge in [-0.1, -0.05) is 37.5 Å². The Balaban J connectivity index is 2.12. The monoisotopic (exact) mass is 364 g/mol. The van der Waals surface area contributed by atoms with Crippen molar-refractivity contribution in [3.05, 3.63) is 35.6 Å². The van der Waals surface area contributed by atoms with Crippen LogP contribution in [0.4, 0.5) is 4.39 Å². The maximum Gasteiger partial charge on any atom is 0.326 e. The Labute approximate surface area is 152 Å². The number of carboxylic acids is 1. The molecule has 0 heterocycles. The summed E-state index contributed by atoms with van der Waals surface area (Å²) in [4.78, 5) is 35.7. The molecule has 0 radical (unpaired) electrons. The van der Waals surface area contributed by atoms with E-state index in [1.807, 2.05) is 0 Å². The fourth-order valence-corrected chi connectivity index (χ4v) is 3.44. The zero-order chi connectivity index (χ0) is 19.1. The summed E-state index contributed by atoms with van der Waals surface area (Å²) < 4.78 is 13.9. The maximum atomic E-state index is 13.9. The summed E-state index contributed by atoms with van der Waals surface area (Å²) in [5.74, 6) is -2.74. The maximum absolute atomic E-state index is 13.9. The van der Waals surface area contributed by atoms with Gasteiger partial charge in [-0.25, -0.2) is 9.18 Å². The number of carboxylic acid groups (broad SMARTS) is 1. The molecule has 0 spiro atoms. The number of carbonyl (C=O) groups is 3. The van der Waals surface area contributed by atoms with E-state index in [1.54, 1.807) is 6.07 Å². The van der Waals surface area contributed by atoms with Crippen LogP contribution in [0.15, 0.2) is 24.3 Å². The fraction of sp³-hybridized carbons (Fsp3) is 0.526. The number of hydrogen-bond acceptors (Lipinski definition) is 3. The lowest BCUT2D eigenvalue weighted by molar-refractivity contribution is -0.144. The van der Waals surface area contributed by atoms with Crippen molar-refractivity contribution < 1.29 is 23.9 Å². The van der Waals surface area contributed by atoms with Gasteiger partial charge in [0.15, 0.2) is 0 Å². The van der Waals surface area contributed by atoms with E-state index in [4.69, 9.17) is 0 Å². The van der Waals surface area contributed by atoms with Gasteiger partial charge in [-0.3, -0.25) is 9.59 Å². The summed E-state index contributed by atoms with van der Waals surface area (Å²) in [5.41, 5.74) is 0.283. The molecule has 0 unspecified atom stereocenters. The van der Waals surface area contributed by atoms with Gasteiger partial charge in [0.25, 0.3) is 0 Å². The van der Waals surface area contributed by atoms with E-state index in [-0.39, 0.29) is 17.9 Å². The van der Waals surface area contributed by atoms with Crippen molar-refractivity contribution in [2.45, 2.75) is 57.5 Å². The molecule has 2 rings (SSSR count). The minimum absolute atomic E-state index is 0.0465. The first-order valence-corrected chi connectivity index (χ1v) is 8.92. The number of rotatable bonds is 7. The Bertz CT molecular complexity index is 659. The predicted molar refractivity (Wildman–Crippen MR) is 93.9 cm³/mol. The van der Waals surface area contributed by atoms with E-state index >= 15 is 0 Å². The summed E-state index contributed by atoms with van der Waals surface area (Å²) in [6.07, 6.45) is 4.39. The van der Waals surface area contributed by atoms with Crippen LogP contribution in [0.5, 0.6) is 0 Å². The molecule has 0 aromatic heterocycles. The van der Waals surface area contributed by atoms with Crippen LogP contribution < -0.4 is 10.6 Å². The predicted octanol–water partition coefficient (Wildman–Crippen LogP) is 2.02. The summed E-state index contributed by atoms with van der Waals surface area (Å²) in [7, 11) is 0. The quantitative estimate of drug-likeness (QED) is 0.690. The molecule has 3 N–H and O–H groups in total. The van der Waals surface area contributed by atoms with Crippen molar-refractivity contribution in [2.24, 2.45) is 5.92 Å². The highest BCUT2D eigenvalue weighted by atomic mass is 19.1. The second-order valence-electron chi connectivity index (χ2n) is 6.77. The first-order chi connectivity index (χ1) is 12.4. The molecule has 26 heavy (non-hydrogen) atoms. The van der Waals surface area contributed by atoms with Crippen molar-refractivity contribution >= 4 is 17.8 Å². The highest BCUT2D eigenvalue weighted by Gasteiger charge is 2.33. The topological polar surface area (TPSA) is 95.5 Å². The number of halogens is 1. The molecule has 1 fully saturated rings. The molecule has 0 aliphatic heterocycles. The minimum atomic E-state index is -1.09. The molecule has 1 aromatic carbocycles. The lowest BCUT2D eigenvalue weighted by Crippen LogP contribution is -2.54. The Morgan fingerprint density at radius 2 is 1.81 bits per heavy atom. The number of carbonyl (C=O) groups excluding carboxylic acids is 2. The molecule has 6 nitrogen and oxygen atoms in total. The van der Waals surface area contributed by atoms with Gasteiger partial charge in [0.05, 0.1) is 0 Å². The molecule has 1 aliphatic rings. The Hall–Kier alpha value is -2.44. The smallest absolute Gasteiger partial charge is 0.326 e. The van der Waals surface area contributed by atoms with Crippen molar-refractivity contribution in [3.8, 4) is 0 Å². The lowest BCUT2D eigenvalue weighted by atomic mass is 9.83. The van der Waals surface area contributed by atoms with Gasteiger partial charge in [-0.2, -0.15) is 0 Å². The second-order valence-corrected chi connectivity index (χ2v) is 6.77. The normalized spacial score (nSPS) is 17.2. The summed E-state index contributed by atoms with van der Waals surface area (Å²) in [6, 6.07) is 3.96. The summed E-state index contributed by atoms with van der Waals surface area (Å²) in [6.45, 7) is 1.26. The van der Waals surface area contributed by atoms with Crippen molar-refractivity contribution in [2.75, 3.05) is 0 Å². The number of benzene rings is 1. The molecule has 2 amide bonds. The first-order valence-electron chi connectivity index (χ1n) is 8.92. The van der Waals surface area contributed by atoms with E-state index in [0.29, 0.717) is 0 Å². The average molecular weight is 364 g/mol. The molecule has 1 aromatic rings. The van der Waals surface area contributed by atoms with Gasteiger partial charge >= 0.3 is 5.97 Å². The van der Waals surface area contributed by atoms with Crippen LogP contribution in [0.1, 0.15) is 44.6 Å². The molecule has 1 saturated carbocycles. The third kappa shape index (κ3) is 5.54. The van der Waals surface area contributed by atoms with Gasteiger partial charge in [0, 0.05) is 13.3 Å². The van der Waals surface area contributed by atoms with Crippen LogP contribution in [0.25, 0.3) is 0 Å². The Morgan fingerprint density at radius 3 is 2.38 bits per heavy atom. The van der Waals surface area contributed by atoms with E-state index < -0.39 is 35.7 Å². The SMILES string of the molecule is CC(=O)N[C@H](Cc1ccccc1F)C(=O)N[C@@H](C(=O)O)C1CCCCC1. The molecular formula is C19H25FN2O4. The van der Waals surface area contributed by atoms with Crippen molar-refractivity contribution in [3.63, 3.8) is 0 Å². The molecule has 142 valence electrons. The van der Waals surface area contributed by atoms with Gasteiger partial charge in [0.1, 0.15) is 17.9 Å². The number of aliphatic carboxylic acids is 1. The number of amides is 2. The van der Waals surface area contributed by atoms with Gasteiger partial charge < -0.3 is 15.7 Å². The van der Waals surface area contributed by atoms with E-state index in [1.165, 1.54) is 25.1 Å².